The van der Waals surface area contributed by atoms with Crippen LogP contribution in [0.4, 0.5) is 0 Å². The highest BCUT2D eigenvalue weighted by atomic mass is 16.4. The molecule has 2 aromatic rings. The molecule has 1 heterocycles. The van der Waals surface area contributed by atoms with E-state index in [2.05, 4.69) is 10.3 Å². The number of aryl methyl sites for hydroxylation is 1. The molecule has 1 fully saturated rings. The molecule has 1 aromatic carbocycles. The molecule has 1 aliphatic rings. The van der Waals surface area contributed by atoms with Crippen LogP contribution in [-0.4, -0.2) is 28.0 Å². The van der Waals surface area contributed by atoms with Gasteiger partial charge >= 0.3 is 5.97 Å². The predicted octanol–water partition coefficient (Wildman–Crippen LogP) is 2.46. The van der Waals surface area contributed by atoms with Crippen LogP contribution < -0.4 is 5.32 Å². The molecule has 1 aliphatic carbocycles. The Labute approximate surface area is 122 Å². The van der Waals surface area contributed by atoms with E-state index in [1.807, 2.05) is 31.2 Å². The van der Waals surface area contributed by atoms with Gasteiger partial charge in [0.1, 0.15) is 0 Å². The predicted molar refractivity (Wildman–Crippen MR) is 79.3 cm³/mol. The number of rotatable bonds is 3. The number of H-pyrrole nitrogens is 1. The van der Waals surface area contributed by atoms with Crippen LogP contribution >= 0.6 is 0 Å². The molecular formula is C16H18N2O3. The third-order valence-electron chi connectivity index (χ3n) is 4.24. The Bertz CT molecular complexity index is 705. The summed E-state index contributed by atoms with van der Waals surface area (Å²) in [7, 11) is 0. The van der Waals surface area contributed by atoms with Crippen LogP contribution in [0.1, 0.15) is 35.3 Å². The molecule has 0 spiro atoms. The molecule has 2 atom stereocenters. The van der Waals surface area contributed by atoms with Gasteiger partial charge in [0.25, 0.3) is 5.91 Å². The third-order valence-corrected chi connectivity index (χ3v) is 4.24. The van der Waals surface area contributed by atoms with Crippen molar-refractivity contribution >= 4 is 22.8 Å². The topological polar surface area (TPSA) is 82.2 Å². The van der Waals surface area contributed by atoms with Gasteiger partial charge in [-0.1, -0.05) is 18.2 Å². The van der Waals surface area contributed by atoms with E-state index >= 15 is 0 Å². The normalized spacial score (nSPS) is 21.6. The fourth-order valence-corrected chi connectivity index (χ4v) is 3.16. The average molecular weight is 286 g/mol. The van der Waals surface area contributed by atoms with E-state index < -0.39 is 5.97 Å². The lowest BCUT2D eigenvalue weighted by Gasteiger charge is -2.12. The molecule has 5 heteroatoms. The van der Waals surface area contributed by atoms with Crippen LogP contribution in [0.2, 0.25) is 0 Å². The van der Waals surface area contributed by atoms with E-state index in [0.29, 0.717) is 18.4 Å². The number of hydrogen-bond donors (Lipinski definition) is 3. The summed E-state index contributed by atoms with van der Waals surface area (Å²) in [6.07, 6.45) is 1.87. The molecule has 3 rings (SSSR count). The molecule has 21 heavy (non-hydrogen) atoms. The van der Waals surface area contributed by atoms with Gasteiger partial charge in [0, 0.05) is 22.6 Å². The van der Waals surface area contributed by atoms with E-state index in [9.17, 15) is 9.59 Å². The second-order valence-electron chi connectivity index (χ2n) is 5.69. The highest BCUT2D eigenvalue weighted by Crippen LogP contribution is 2.27. The summed E-state index contributed by atoms with van der Waals surface area (Å²) >= 11 is 0. The monoisotopic (exact) mass is 286 g/mol. The van der Waals surface area contributed by atoms with Gasteiger partial charge in [-0.3, -0.25) is 9.59 Å². The maximum Gasteiger partial charge on any atom is 0.306 e. The van der Waals surface area contributed by atoms with E-state index in [1.165, 1.54) is 0 Å². The number of carbonyl (C=O) groups excluding carboxylic acids is 1. The number of amides is 1. The second kappa shape index (κ2) is 5.24. The van der Waals surface area contributed by atoms with Gasteiger partial charge in [-0.2, -0.15) is 0 Å². The van der Waals surface area contributed by atoms with E-state index in [4.69, 9.17) is 5.11 Å². The summed E-state index contributed by atoms with van der Waals surface area (Å²) in [6.45, 7) is 1.88. The van der Waals surface area contributed by atoms with Crippen LogP contribution in [0.5, 0.6) is 0 Å². The average Bonchev–Trinajstić information content (AvgIpc) is 3.01. The highest BCUT2D eigenvalue weighted by Gasteiger charge is 2.31. The first-order chi connectivity index (χ1) is 10.1. The van der Waals surface area contributed by atoms with E-state index in [0.717, 1.165) is 23.0 Å². The standard InChI is InChI=1S/C16H18N2O3/c1-9-14(12-4-2-3-5-13(12)17-9)15(19)18-11-7-6-10(8-11)16(20)21/h2-5,10-11,17H,6-8H2,1H3,(H,18,19)(H,20,21)/t10-,11+/m1/s1. The van der Waals surface area contributed by atoms with Crippen molar-refractivity contribution in [3.63, 3.8) is 0 Å². The van der Waals surface area contributed by atoms with Gasteiger partial charge in [-0.25, -0.2) is 0 Å². The largest absolute Gasteiger partial charge is 0.481 e. The minimum Gasteiger partial charge on any atom is -0.481 e. The fourth-order valence-electron chi connectivity index (χ4n) is 3.16. The Morgan fingerprint density at radius 2 is 2.05 bits per heavy atom. The number of para-hydroxylation sites is 1. The summed E-state index contributed by atoms with van der Waals surface area (Å²) in [5.41, 5.74) is 2.43. The summed E-state index contributed by atoms with van der Waals surface area (Å²) in [6, 6.07) is 7.64. The highest BCUT2D eigenvalue weighted by molar-refractivity contribution is 6.08. The number of fused-ring (bicyclic) bond motifs is 1. The Hall–Kier alpha value is -2.30. The van der Waals surface area contributed by atoms with Crippen LogP contribution in [0, 0.1) is 12.8 Å². The van der Waals surface area contributed by atoms with Crippen molar-refractivity contribution in [2.24, 2.45) is 5.92 Å². The fraction of sp³-hybridized carbons (Fsp3) is 0.375. The van der Waals surface area contributed by atoms with Crippen molar-refractivity contribution < 1.29 is 14.7 Å². The van der Waals surface area contributed by atoms with Crippen molar-refractivity contribution in [1.29, 1.82) is 0 Å². The number of nitrogens with one attached hydrogen (secondary N) is 2. The van der Waals surface area contributed by atoms with E-state index in [-0.39, 0.29) is 17.9 Å². The summed E-state index contributed by atoms with van der Waals surface area (Å²) in [5, 5.41) is 12.9. The maximum atomic E-state index is 12.5. The Kier molecular flexibility index (Phi) is 3.41. The number of carbonyl (C=O) groups is 2. The zero-order chi connectivity index (χ0) is 15.0. The van der Waals surface area contributed by atoms with Crippen molar-refractivity contribution in [1.82, 2.24) is 10.3 Å². The molecule has 0 bridgehead atoms. The van der Waals surface area contributed by atoms with Crippen LogP contribution in [0.15, 0.2) is 24.3 Å². The molecule has 1 amide bonds. The van der Waals surface area contributed by atoms with Crippen LogP contribution in [0.25, 0.3) is 10.9 Å². The number of aromatic amines is 1. The Morgan fingerprint density at radius 1 is 1.29 bits per heavy atom. The van der Waals surface area contributed by atoms with Gasteiger partial charge in [-0.15, -0.1) is 0 Å². The zero-order valence-electron chi connectivity index (χ0n) is 11.8. The SMILES string of the molecule is Cc1[nH]c2ccccc2c1C(=O)N[C@H]1CC[C@@H](C(=O)O)C1. The van der Waals surface area contributed by atoms with Gasteiger partial charge in [0.05, 0.1) is 11.5 Å². The molecule has 0 unspecified atom stereocenters. The molecule has 0 saturated heterocycles. The summed E-state index contributed by atoms with van der Waals surface area (Å²) in [4.78, 5) is 26.7. The first kappa shape index (κ1) is 13.7. The molecule has 1 aromatic heterocycles. The van der Waals surface area contributed by atoms with Gasteiger partial charge in [0.15, 0.2) is 0 Å². The lowest BCUT2D eigenvalue weighted by Crippen LogP contribution is -2.33. The third kappa shape index (κ3) is 2.51. The first-order valence-electron chi connectivity index (χ1n) is 7.17. The molecule has 1 saturated carbocycles. The van der Waals surface area contributed by atoms with Crippen molar-refractivity contribution in [2.75, 3.05) is 0 Å². The maximum absolute atomic E-state index is 12.5. The quantitative estimate of drug-likeness (QED) is 0.810. The number of benzene rings is 1. The molecule has 110 valence electrons. The number of aliphatic carboxylic acids is 1. The number of carboxylic acids is 1. The lowest BCUT2D eigenvalue weighted by atomic mass is 10.1. The Balaban J connectivity index is 1.79. The van der Waals surface area contributed by atoms with Crippen molar-refractivity contribution in [3.8, 4) is 0 Å². The Morgan fingerprint density at radius 3 is 2.76 bits per heavy atom. The van der Waals surface area contributed by atoms with E-state index in [1.54, 1.807) is 0 Å². The first-order valence-corrected chi connectivity index (χ1v) is 7.17. The van der Waals surface area contributed by atoms with Gasteiger partial charge in [-0.05, 0) is 32.3 Å². The van der Waals surface area contributed by atoms with Crippen LogP contribution in [0.3, 0.4) is 0 Å². The molecule has 0 aliphatic heterocycles. The summed E-state index contributed by atoms with van der Waals surface area (Å²) < 4.78 is 0. The molecule has 5 nitrogen and oxygen atoms in total. The minimum absolute atomic E-state index is 0.0494. The number of aromatic nitrogens is 1. The number of hydrogen-bond acceptors (Lipinski definition) is 2. The smallest absolute Gasteiger partial charge is 0.306 e. The molecular weight excluding hydrogens is 268 g/mol. The van der Waals surface area contributed by atoms with Crippen LogP contribution in [-0.2, 0) is 4.79 Å². The van der Waals surface area contributed by atoms with Crippen molar-refractivity contribution in [3.05, 3.63) is 35.5 Å². The zero-order valence-corrected chi connectivity index (χ0v) is 11.8. The molecule has 0 radical (unpaired) electrons. The van der Waals surface area contributed by atoms with Crippen molar-refractivity contribution in [2.45, 2.75) is 32.2 Å². The minimum atomic E-state index is -0.768. The lowest BCUT2D eigenvalue weighted by molar-refractivity contribution is -0.141. The summed E-state index contributed by atoms with van der Waals surface area (Å²) in [5.74, 6) is -1.23. The van der Waals surface area contributed by atoms with Gasteiger partial charge < -0.3 is 15.4 Å². The number of carboxylic acid groups (broad SMARTS) is 1. The molecule has 3 N–H and O–H groups in total. The van der Waals surface area contributed by atoms with Gasteiger partial charge in [0.2, 0.25) is 0 Å². The second-order valence-corrected chi connectivity index (χ2v) is 5.69.